The fourth-order valence-corrected chi connectivity index (χ4v) is 5.83. The first kappa shape index (κ1) is 21.1. The molecule has 0 amide bonds. The van der Waals surface area contributed by atoms with Crippen LogP contribution in [0.3, 0.4) is 0 Å². The number of benzene rings is 3. The molecule has 34 heavy (non-hydrogen) atoms. The molecule has 0 radical (unpaired) electrons. The number of nitrogens with zero attached hydrogens (tertiary/aromatic N) is 1. The van der Waals surface area contributed by atoms with Crippen LogP contribution in [0.4, 0.5) is 5.69 Å². The Balaban J connectivity index is 1.60. The molecular weight excluding hydrogens is 488 g/mol. The lowest BCUT2D eigenvalue weighted by Gasteiger charge is -2.37. The van der Waals surface area contributed by atoms with Gasteiger partial charge < -0.3 is 10.1 Å². The number of fused-ring (bicyclic) bond motifs is 4. The highest BCUT2D eigenvalue weighted by Gasteiger charge is 2.39. The third-order valence-corrected chi connectivity index (χ3v) is 7.45. The molecule has 4 aromatic rings. The maximum Gasteiger partial charge on any atom is 0.162 e. The van der Waals surface area contributed by atoms with Crippen LogP contribution >= 0.6 is 15.9 Å². The van der Waals surface area contributed by atoms with Crippen molar-refractivity contribution >= 4 is 43.9 Å². The summed E-state index contributed by atoms with van der Waals surface area (Å²) in [4.78, 5) is 18.4. The van der Waals surface area contributed by atoms with E-state index in [0.29, 0.717) is 6.42 Å². The van der Waals surface area contributed by atoms with Gasteiger partial charge in [-0.3, -0.25) is 9.78 Å². The monoisotopic (exact) mass is 510 g/mol. The molecule has 1 N–H and O–H groups in total. The summed E-state index contributed by atoms with van der Waals surface area (Å²) in [7, 11) is 1.67. The second-order valence-corrected chi connectivity index (χ2v) is 9.77. The first-order valence-electron chi connectivity index (χ1n) is 11.4. The van der Waals surface area contributed by atoms with Gasteiger partial charge >= 0.3 is 0 Å². The summed E-state index contributed by atoms with van der Waals surface area (Å²) in [6.45, 7) is 0. The van der Waals surface area contributed by atoms with E-state index >= 15 is 0 Å². The minimum Gasteiger partial charge on any atom is -0.496 e. The van der Waals surface area contributed by atoms with Crippen molar-refractivity contribution in [2.24, 2.45) is 0 Å². The molecule has 1 aliphatic heterocycles. The number of hydrogen-bond donors (Lipinski definition) is 1. The molecule has 2 aliphatic rings. The molecule has 3 aromatic carbocycles. The SMILES string of the molecule is COc1ccc(Br)cc1[C@@H]1Nc2ccc3ncccc3c2C2=C1C(=O)C[C@H](c1ccccc1)C2. The van der Waals surface area contributed by atoms with E-state index in [1.165, 1.54) is 5.56 Å². The third kappa shape index (κ3) is 3.43. The summed E-state index contributed by atoms with van der Waals surface area (Å²) in [6, 6.07) is 24.2. The number of ketones is 1. The molecule has 2 atom stereocenters. The van der Waals surface area contributed by atoms with Crippen LogP contribution in [-0.2, 0) is 4.79 Å². The molecule has 168 valence electrons. The van der Waals surface area contributed by atoms with Crippen LogP contribution in [0.1, 0.15) is 41.5 Å². The summed E-state index contributed by atoms with van der Waals surface area (Å²) in [5, 5.41) is 4.75. The predicted octanol–water partition coefficient (Wildman–Crippen LogP) is 7.07. The Morgan fingerprint density at radius 1 is 1.00 bits per heavy atom. The van der Waals surface area contributed by atoms with Crippen molar-refractivity contribution in [1.82, 2.24) is 4.98 Å². The number of Topliss-reactive ketones (excluding diaryl/α,β-unsaturated/α-hetero) is 1. The van der Waals surface area contributed by atoms with E-state index in [2.05, 4.69) is 62.6 Å². The number of hydrogen-bond acceptors (Lipinski definition) is 4. The van der Waals surface area contributed by atoms with Crippen molar-refractivity contribution in [2.45, 2.75) is 24.8 Å². The second-order valence-electron chi connectivity index (χ2n) is 8.85. The number of aromatic nitrogens is 1. The number of carbonyl (C=O) groups excluding carboxylic acids is 1. The maximum absolute atomic E-state index is 13.9. The normalized spacial score (nSPS) is 19.4. The summed E-state index contributed by atoms with van der Waals surface area (Å²) in [5.74, 6) is 1.09. The maximum atomic E-state index is 13.9. The highest BCUT2D eigenvalue weighted by Crippen LogP contribution is 2.52. The van der Waals surface area contributed by atoms with E-state index in [1.54, 1.807) is 7.11 Å². The number of halogens is 1. The highest BCUT2D eigenvalue weighted by atomic mass is 79.9. The Kier molecular flexibility index (Phi) is 5.22. The number of allylic oxidation sites excluding steroid dienone is 1. The van der Waals surface area contributed by atoms with E-state index in [-0.39, 0.29) is 17.7 Å². The van der Waals surface area contributed by atoms with Gasteiger partial charge in [0, 0.05) is 44.9 Å². The fourth-order valence-electron chi connectivity index (χ4n) is 5.45. The molecule has 0 fully saturated rings. The smallest absolute Gasteiger partial charge is 0.162 e. The van der Waals surface area contributed by atoms with Gasteiger partial charge in [-0.25, -0.2) is 0 Å². The molecule has 1 aromatic heterocycles. The number of methoxy groups -OCH3 is 1. The molecule has 0 saturated carbocycles. The van der Waals surface area contributed by atoms with Crippen LogP contribution < -0.4 is 10.1 Å². The third-order valence-electron chi connectivity index (χ3n) is 6.96. The van der Waals surface area contributed by atoms with Crippen LogP contribution in [0.5, 0.6) is 5.75 Å². The Labute approximate surface area is 206 Å². The van der Waals surface area contributed by atoms with Crippen molar-refractivity contribution in [3.8, 4) is 5.75 Å². The van der Waals surface area contributed by atoms with E-state index in [1.807, 2.05) is 42.6 Å². The molecule has 4 nitrogen and oxygen atoms in total. The van der Waals surface area contributed by atoms with Crippen LogP contribution in [0.15, 0.2) is 89.0 Å². The largest absolute Gasteiger partial charge is 0.496 e. The van der Waals surface area contributed by atoms with Crippen LogP contribution in [0.25, 0.3) is 16.5 Å². The van der Waals surface area contributed by atoms with Crippen molar-refractivity contribution in [1.29, 1.82) is 0 Å². The lowest BCUT2D eigenvalue weighted by atomic mass is 9.71. The van der Waals surface area contributed by atoms with Crippen LogP contribution in [-0.4, -0.2) is 17.9 Å². The van der Waals surface area contributed by atoms with Crippen LogP contribution in [0.2, 0.25) is 0 Å². The topological polar surface area (TPSA) is 51.2 Å². The van der Waals surface area contributed by atoms with Crippen molar-refractivity contribution in [2.75, 3.05) is 12.4 Å². The van der Waals surface area contributed by atoms with E-state index in [4.69, 9.17) is 4.74 Å². The van der Waals surface area contributed by atoms with Gasteiger partial charge in [0.05, 0.1) is 18.7 Å². The lowest BCUT2D eigenvalue weighted by Crippen LogP contribution is -2.30. The number of carbonyl (C=O) groups is 1. The van der Waals surface area contributed by atoms with Gasteiger partial charge in [-0.15, -0.1) is 0 Å². The minimum absolute atomic E-state index is 0.149. The van der Waals surface area contributed by atoms with Crippen molar-refractivity contribution in [3.05, 3.63) is 106 Å². The zero-order valence-corrected chi connectivity index (χ0v) is 20.3. The summed E-state index contributed by atoms with van der Waals surface area (Å²) in [5.41, 5.74) is 7.16. The summed E-state index contributed by atoms with van der Waals surface area (Å²) in [6.07, 6.45) is 3.12. The Morgan fingerprint density at radius 3 is 2.68 bits per heavy atom. The standard InChI is InChI=1S/C29H23BrN2O2/c1-34-26-12-9-19(30)16-21(26)29-28-22(14-18(15-25(28)33)17-6-3-2-4-7-17)27-20-8-5-13-31-23(20)10-11-24(27)32-29/h2-13,16,18,29,32H,14-15H2,1H3/t18-,29+/m1/s1. The summed E-state index contributed by atoms with van der Waals surface area (Å²) < 4.78 is 6.66. The molecule has 0 unspecified atom stereocenters. The molecular formula is C29H23BrN2O2. The fraction of sp³-hybridized carbons (Fsp3) is 0.172. The number of anilines is 1. The van der Waals surface area contributed by atoms with Gasteiger partial charge in [-0.05, 0) is 59.9 Å². The Bertz CT molecular complexity index is 1460. The molecule has 1 aliphatic carbocycles. The first-order valence-corrected chi connectivity index (χ1v) is 12.2. The lowest BCUT2D eigenvalue weighted by molar-refractivity contribution is -0.116. The van der Waals surface area contributed by atoms with Gasteiger partial charge in [-0.2, -0.15) is 0 Å². The molecule has 0 spiro atoms. The predicted molar refractivity (Wildman–Crippen MR) is 139 cm³/mol. The molecule has 0 saturated heterocycles. The average molecular weight is 511 g/mol. The van der Waals surface area contributed by atoms with Gasteiger partial charge in [0.1, 0.15) is 5.75 Å². The van der Waals surface area contributed by atoms with Crippen molar-refractivity contribution in [3.63, 3.8) is 0 Å². The van der Waals surface area contributed by atoms with Gasteiger partial charge in [0.25, 0.3) is 0 Å². The first-order chi connectivity index (χ1) is 16.6. The molecule has 0 bridgehead atoms. The van der Waals surface area contributed by atoms with Gasteiger partial charge in [-0.1, -0.05) is 52.3 Å². The number of ether oxygens (including phenoxy) is 1. The summed E-state index contributed by atoms with van der Waals surface area (Å²) >= 11 is 3.61. The zero-order valence-electron chi connectivity index (χ0n) is 18.7. The van der Waals surface area contributed by atoms with Crippen LogP contribution in [0, 0.1) is 0 Å². The van der Waals surface area contributed by atoms with Gasteiger partial charge in [0.2, 0.25) is 0 Å². The highest BCUT2D eigenvalue weighted by molar-refractivity contribution is 9.10. The zero-order chi connectivity index (χ0) is 23.2. The quantitative estimate of drug-likeness (QED) is 0.320. The molecule has 6 rings (SSSR count). The number of pyridine rings is 1. The van der Waals surface area contributed by atoms with Gasteiger partial charge in [0.15, 0.2) is 5.78 Å². The number of rotatable bonds is 3. The molecule has 5 heteroatoms. The van der Waals surface area contributed by atoms with E-state index in [9.17, 15) is 4.79 Å². The Morgan fingerprint density at radius 2 is 1.85 bits per heavy atom. The minimum atomic E-state index is -0.284. The van der Waals surface area contributed by atoms with E-state index in [0.717, 1.165) is 55.5 Å². The Hall–Kier alpha value is -3.44. The van der Waals surface area contributed by atoms with E-state index < -0.39 is 0 Å². The average Bonchev–Trinajstić information content (AvgIpc) is 2.88. The second kappa shape index (κ2) is 8.41. The molecule has 2 heterocycles. The number of nitrogens with one attached hydrogen (secondary N) is 1. The van der Waals surface area contributed by atoms with Crippen molar-refractivity contribution < 1.29 is 9.53 Å².